The first-order valence-corrected chi connectivity index (χ1v) is 9.58. The molecule has 6 heteroatoms. The summed E-state index contributed by atoms with van der Waals surface area (Å²) in [5.41, 5.74) is 0.0716. The molecule has 0 saturated heterocycles. The van der Waals surface area contributed by atoms with Gasteiger partial charge in [-0.2, -0.15) is 5.10 Å². The van der Waals surface area contributed by atoms with Crippen LogP contribution in [0.4, 0.5) is 0 Å². The van der Waals surface area contributed by atoms with Crippen molar-refractivity contribution in [3.8, 4) is 0 Å². The monoisotopic (exact) mass is 381 g/mol. The Hall–Kier alpha value is -1.04. The highest BCUT2D eigenvalue weighted by Crippen LogP contribution is 2.36. The SMILES string of the molecule is CC(C)(C)C(O)(CCCCCc1ccccc1Cl)Cn1ncnc1S. The first-order chi connectivity index (χ1) is 11.7. The van der Waals surface area contributed by atoms with E-state index in [9.17, 15) is 5.11 Å². The molecule has 2 aromatic rings. The highest BCUT2D eigenvalue weighted by Gasteiger charge is 2.40. The van der Waals surface area contributed by atoms with E-state index in [0.717, 1.165) is 30.7 Å². The van der Waals surface area contributed by atoms with Gasteiger partial charge in [0.2, 0.25) is 0 Å². The van der Waals surface area contributed by atoms with Gasteiger partial charge < -0.3 is 5.11 Å². The molecule has 1 unspecified atom stereocenters. The lowest BCUT2D eigenvalue weighted by atomic mass is 9.73. The van der Waals surface area contributed by atoms with E-state index in [1.165, 1.54) is 11.9 Å². The molecule has 4 nitrogen and oxygen atoms in total. The summed E-state index contributed by atoms with van der Waals surface area (Å²) in [4.78, 5) is 4.03. The predicted molar refractivity (Wildman–Crippen MR) is 105 cm³/mol. The normalized spacial score (nSPS) is 14.5. The van der Waals surface area contributed by atoms with E-state index < -0.39 is 5.60 Å². The number of unbranched alkanes of at least 4 members (excludes halogenated alkanes) is 2. The zero-order valence-electron chi connectivity index (χ0n) is 15.2. The van der Waals surface area contributed by atoms with Gasteiger partial charge in [-0.25, -0.2) is 9.67 Å². The molecule has 0 aliphatic heterocycles. The molecule has 0 aliphatic rings. The lowest BCUT2D eigenvalue weighted by Gasteiger charge is -2.40. The van der Waals surface area contributed by atoms with Crippen LogP contribution in [0.25, 0.3) is 0 Å². The lowest BCUT2D eigenvalue weighted by molar-refractivity contribution is -0.0830. The Labute approximate surface area is 161 Å². The molecular formula is C19H28ClN3OS. The molecule has 1 N–H and O–H groups in total. The van der Waals surface area contributed by atoms with Gasteiger partial charge in [0.05, 0.1) is 12.1 Å². The minimum absolute atomic E-state index is 0.262. The number of aliphatic hydroxyl groups is 1. The fourth-order valence-electron chi connectivity index (χ4n) is 2.92. The molecule has 1 atom stereocenters. The Kier molecular flexibility index (Phi) is 6.94. The van der Waals surface area contributed by atoms with E-state index in [0.29, 0.717) is 18.1 Å². The summed E-state index contributed by atoms with van der Waals surface area (Å²) in [6.45, 7) is 6.59. The summed E-state index contributed by atoms with van der Waals surface area (Å²) in [6.07, 6.45) is 6.22. The van der Waals surface area contributed by atoms with Gasteiger partial charge in [-0.3, -0.25) is 0 Å². The van der Waals surface area contributed by atoms with Crippen LogP contribution in [-0.2, 0) is 13.0 Å². The van der Waals surface area contributed by atoms with Crippen LogP contribution < -0.4 is 0 Å². The Bertz CT molecular complexity index is 683. The summed E-state index contributed by atoms with van der Waals surface area (Å²) >= 11 is 10.5. The van der Waals surface area contributed by atoms with Gasteiger partial charge in [-0.05, 0) is 36.3 Å². The highest BCUT2D eigenvalue weighted by atomic mass is 35.5. The molecule has 0 saturated carbocycles. The van der Waals surface area contributed by atoms with Crippen LogP contribution in [0.3, 0.4) is 0 Å². The summed E-state index contributed by atoms with van der Waals surface area (Å²) in [7, 11) is 0. The molecule has 0 spiro atoms. The van der Waals surface area contributed by atoms with Crippen molar-refractivity contribution >= 4 is 24.2 Å². The maximum atomic E-state index is 11.3. The van der Waals surface area contributed by atoms with Crippen molar-refractivity contribution in [1.82, 2.24) is 14.8 Å². The Morgan fingerprint density at radius 1 is 1.16 bits per heavy atom. The molecule has 2 rings (SSSR count). The molecule has 138 valence electrons. The van der Waals surface area contributed by atoms with Gasteiger partial charge in [-0.1, -0.05) is 63.4 Å². The summed E-state index contributed by atoms with van der Waals surface area (Å²) in [5.74, 6) is 0. The molecule has 0 aliphatic carbocycles. The van der Waals surface area contributed by atoms with E-state index in [1.807, 2.05) is 18.2 Å². The van der Waals surface area contributed by atoms with Crippen LogP contribution in [0.2, 0.25) is 5.02 Å². The van der Waals surface area contributed by atoms with E-state index in [4.69, 9.17) is 11.6 Å². The second kappa shape index (κ2) is 8.56. The first-order valence-electron chi connectivity index (χ1n) is 8.75. The number of thiol groups is 1. The third-order valence-corrected chi connectivity index (χ3v) is 5.61. The van der Waals surface area contributed by atoms with E-state index in [2.05, 4.69) is 49.5 Å². The minimum Gasteiger partial charge on any atom is -0.387 e. The van der Waals surface area contributed by atoms with Gasteiger partial charge >= 0.3 is 0 Å². The van der Waals surface area contributed by atoms with Gasteiger partial charge in [0, 0.05) is 5.02 Å². The third kappa shape index (κ3) is 5.47. The van der Waals surface area contributed by atoms with Gasteiger partial charge in [-0.15, -0.1) is 12.6 Å². The first kappa shape index (κ1) is 20.3. The second-order valence-electron chi connectivity index (χ2n) is 7.65. The molecule has 0 fully saturated rings. The number of aromatic nitrogens is 3. The zero-order valence-corrected chi connectivity index (χ0v) is 16.9. The fourth-order valence-corrected chi connectivity index (χ4v) is 3.32. The van der Waals surface area contributed by atoms with Crippen molar-refractivity contribution in [3.05, 3.63) is 41.2 Å². The third-order valence-electron chi connectivity index (χ3n) is 4.90. The Morgan fingerprint density at radius 2 is 1.88 bits per heavy atom. The molecule has 0 amide bonds. The van der Waals surface area contributed by atoms with E-state index in [1.54, 1.807) is 4.68 Å². The van der Waals surface area contributed by atoms with Crippen LogP contribution >= 0.6 is 24.2 Å². The Balaban J connectivity index is 1.88. The molecule has 1 aromatic carbocycles. The van der Waals surface area contributed by atoms with Crippen molar-refractivity contribution < 1.29 is 5.11 Å². The van der Waals surface area contributed by atoms with Crippen LogP contribution in [0.15, 0.2) is 35.7 Å². The van der Waals surface area contributed by atoms with Crippen LogP contribution in [0.1, 0.15) is 52.0 Å². The molecule has 1 aromatic heterocycles. The second-order valence-corrected chi connectivity index (χ2v) is 8.46. The van der Waals surface area contributed by atoms with Crippen LogP contribution in [0, 0.1) is 5.41 Å². The average Bonchev–Trinajstić information content (AvgIpc) is 2.92. The van der Waals surface area contributed by atoms with Crippen LogP contribution in [-0.4, -0.2) is 25.5 Å². The van der Waals surface area contributed by atoms with Gasteiger partial charge in [0.1, 0.15) is 6.33 Å². The number of benzene rings is 1. The van der Waals surface area contributed by atoms with Crippen molar-refractivity contribution in [3.63, 3.8) is 0 Å². The number of nitrogens with zero attached hydrogens (tertiary/aromatic N) is 3. The minimum atomic E-state index is -0.859. The number of hydrogen-bond donors (Lipinski definition) is 2. The number of halogens is 1. The van der Waals surface area contributed by atoms with E-state index in [-0.39, 0.29) is 5.41 Å². The lowest BCUT2D eigenvalue weighted by Crippen LogP contribution is -2.46. The number of rotatable bonds is 8. The number of hydrogen-bond acceptors (Lipinski definition) is 4. The van der Waals surface area contributed by atoms with Crippen molar-refractivity contribution in [2.75, 3.05) is 0 Å². The largest absolute Gasteiger partial charge is 0.387 e. The topological polar surface area (TPSA) is 50.9 Å². The summed E-state index contributed by atoms with van der Waals surface area (Å²) in [5, 5.41) is 16.8. The molecule has 0 bridgehead atoms. The zero-order chi connectivity index (χ0) is 18.5. The number of aryl methyl sites for hydroxylation is 1. The van der Waals surface area contributed by atoms with Gasteiger partial charge in [0.25, 0.3) is 0 Å². The maximum absolute atomic E-state index is 11.3. The van der Waals surface area contributed by atoms with Crippen molar-refractivity contribution in [1.29, 1.82) is 0 Å². The fraction of sp³-hybridized carbons (Fsp3) is 0.579. The van der Waals surface area contributed by atoms with Gasteiger partial charge in [0.15, 0.2) is 5.16 Å². The standard InChI is InChI=1S/C19H28ClN3OS/c1-18(2,3)19(24,13-23-17(25)21-14-22-23)12-8-4-5-9-15-10-6-7-11-16(15)20/h6-7,10-11,14,24H,4-5,8-9,12-13H2,1-3H3,(H,21,22,25). The average molecular weight is 382 g/mol. The van der Waals surface area contributed by atoms with Crippen molar-refractivity contribution in [2.24, 2.45) is 5.41 Å². The molecule has 0 radical (unpaired) electrons. The van der Waals surface area contributed by atoms with Crippen LogP contribution in [0.5, 0.6) is 0 Å². The predicted octanol–water partition coefficient (Wildman–Crippen LogP) is 4.80. The van der Waals surface area contributed by atoms with E-state index >= 15 is 0 Å². The quantitative estimate of drug-likeness (QED) is 0.510. The summed E-state index contributed by atoms with van der Waals surface area (Å²) < 4.78 is 1.66. The van der Waals surface area contributed by atoms with Crippen molar-refractivity contribution in [2.45, 2.75) is 70.2 Å². The smallest absolute Gasteiger partial charge is 0.183 e. The maximum Gasteiger partial charge on any atom is 0.183 e. The summed E-state index contributed by atoms with van der Waals surface area (Å²) in [6, 6.07) is 7.98. The Morgan fingerprint density at radius 3 is 2.48 bits per heavy atom. The molecule has 25 heavy (non-hydrogen) atoms. The molecular weight excluding hydrogens is 354 g/mol. The molecule has 1 heterocycles. The highest BCUT2D eigenvalue weighted by molar-refractivity contribution is 7.80.